The van der Waals surface area contributed by atoms with E-state index in [1.165, 1.54) is 30.0 Å². The lowest BCUT2D eigenvalue weighted by Gasteiger charge is -2.12. The Morgan fingerprint density at radius 1 is 1.03 bits per heavy atom. The van der Waals surface area contributed by atoms with Gasteiger partial charge in [0.2, 0.25) is 0 Å². The van der Waals surface area contributed by atoms with E-state index in [-0.39, 0.29) is 51.1 Å². The smallest absolute Gasteiger partial charge is 0.271 e. The number of methoxy groups -OCH3 is 1. The van der Waals surface area contributed by atoms with E-state index < -0.39 is 4.92 Å². The van der Waals surface area contributed by atoms with Gasteiger partial charge in [-0.2, -0.15) is 20.9 Å². The Kier molecular flexibility index (Phi) is 7.00. The molecule has 0 bridgehead atoms. The molecule has 11 nitrogen and oxygen atoms in total. The summed E-state index contributed by atoms with van der Waals surface area (Å²) in [4.78, 5) is 10.4. The van der Waals surface area contributed by atoms with E-state index >= 15 is 0 Å². The van der Waals surface area contributed by atoms with Gasteiger partial charge >= 0.3 is 0 Å². The van der Waals surface area contributed by atoms with Crippen LogP contribution in [0.4, 0.5) is 11.5 Å². The molecule has 0 saturated carbocycles. The minimum Gasteiger partial charge on any atom is -0.493 e. The van der Waals surface area contributed by atoms with Crippen LogP contribution in [0.1, 0.15) is 22.4 Å². The number of nitro benzene ring substituents is 1. The number of nitrogens with two attached hydrogens (primary N) is 1. The fraction of sp³-hybridized carbons (Fsp3) is 0.0370. The number of nitro groups is 1. The average molecular weight is 503 g/mol. The van der Waals surface area contributed by atoms with Crippen LogP contribution >= 0.6 is 0 Å². The highest BCUT2D eigenvalue weighted by molar-refractivity contribution is 5.91. The largest absolute Gasteiger partial charge is 0.493 e. The minimum absolute atomic E-state index is 0.0207. The number of rotatable bonds is 7. The predicted octanol–water partition coefficient (Wildman–Crippen LogP) is 4.97. The third-order valence-electron chi connectivity index (χ3n) is 5.42. The molecule has 0 aliphatic carbocycles. The van der Waals surface area contributed by atoms with Crippen molar-refractivity contribution in [2.24, 2.45) is 0 Å². The molecule has 4 rings (SSSR count). The zero-order valence-electron chi connectivity index (χ0n) is 19.8. The molecule has 3 aromatic carbocycles. The van der Waals surface area contributed by atoms with E-state index in [1.807, 2.05) is 18.2 Å². The molecular formula is C27H17N7O4. The molecule has 4 aromatic rings. The van der Waals surface area contributed by atoms with Crippen LogP contribution in [0.15, 0.2) is 66.7 Å². The summed E-state index contributed by atoms with van der Waals surface area (Å²) in [6.45, 7) is 0. The topological polar surface area (TPSA) is 177 Å². The molecule has 0 radical (unpaired) electrons. The summed E-state index contributed by atoms with van der Waals surface area (Å²) in [6, 6.07) is 23.4. The van der Waals surface area contributed by atoms with Crippen LogP contribution in [0, 0.1) is 44.1 Å². The van der Waals surface area contributed by atoms with E-state index in [4.69, 9.17) is 15.2 Å². The highest BCUT2D eigenvalue weighted by Gasteiger charge is 2.20. The molecule has 0 fully saturated rings. The molecule has 38 heavy (non-hydrogen) atoms. The van der Waals surface area contributed by atoms with Crippen LogP contribution in [-0.2, 0) is 0 Å². The van der Waals surface area contributed by atoms with E-state index in [0.717, 1.165) is 6.07 Å². The molecule has 0 unspecified atom stereocenters. The van der Waals surface area contributed by atoms with Crippen LogP contribution in [0.5, 0.6) is 17.2 Å². The number of para-hydroxylation sites is 1. The number of hydrogen-bond donors (Lipinski definition) is 1. The molecule has 0 spiro atoms. The zero-order valence-corrected chi connectivity index (χ0v) is 19.8. The maximum atomic E-state index is 11.0. The van der Waals surface area contributed by atoms with Gasteiger partial charge in [0, 0.05) is 12.1 Å². The first-order valence-electron chi connectivity index (χ1n) is 10.9. The van der Waals surface area contributed by atoms with Crippen molar-refractivity contribution in [2.75, 3.05) is 12.8 Å². The number of benzene rings is 3. The number of nitrogens with zero attached hydrogens (tertiary/aromatic N) is 6. The molecular weight excluding hydrogens is 486 g/mol. The molecule has 1 aromatic heterocycles. The van der Waals surface area contributed by atoms with Crippen molar-refractivity contribution < 1.29 is 14.4 Å². The van der Waals surface area contributed by atoms with Crippen molar-refractivity contribution in [3.8, 4) is 41.1 Å². The molecule has 1 heterocycles. The summed E-state index contributed by atoms with van der Waals surface area (Å²) < 4.78 is 12.6. The number of nitrogen functional groups attached to an aromatic ring is 1. The van der Waals surface area contributed by atoms with Gasteiger partial charge in [0.15, 0.2) is 11.5 Å². The highest BCUT2D eigenvalue weighted by Crippen LogP contribution is 2.36. The lowest BCUT2D eigenvalue weighted by molar-refractivity contribution is -0.384. The van der Waals surface area contributed by atoms with Crippen LogP contribution in [0.2, 0.25) is 0 Å². The van der Waals surface area contributed by atoms with Gasteiger partial charge in [0.25, 0.3) is 5.69 Å². The Morgan fingerprint density at radius 3 is 2.39 bits per heavy atom. The summed E-state index contributed by atoms with van der Waals surface area (Å²) in [5.41, 5.74) is 7.36. The summed E-state index contributed by atoms with van der Waals surface area (Å²) in [6.07, 6.45) is 1.52. The minimum atomic E-state index is -0.604. The SMILES string of the molecule is COc1cc(C=C(C#N)c2nn(-c3ccccc3)c(N)c2C#N)ccc1Oc1ccc([N+](=O)[O-])cc1C#N. The first-order chi connectivity index (χ1) is 18.4. The fourth-order valence-electron chi connectivity index (χ4n) is 3.60. The maximum Gasteiger partial charge on any atom is 0.271 e. The lowest BCUT2D eigenvalue weighted by atomic mass is 10.1. The van der Waals surface area contributed by atoms with Crippen molar-refractivity contribution in [2.45, 2.75) is 0 Å². The van der Waals surface area contributed by atoms with Gasteiger partial charge in [-0.1, -0.05) is 24.3 Å². The summed E-state index contributed by atoms with van der Waals surface area (Å²) in [5, 5.41) is 44.4. The molecule has 11 heteroatoms. The van der Waals surface area contributed by atoms with E-state index in [9.17, 15) is 25.9 Å². The van der Waals surface area contributed by atoms with Crippen LogP contribution in [0.25, 0.3) is 17.3 Å². The Balaban J connectivity index is 1.71. The normalized spacial score (nSPS) is 10.6. The number of anilines is 1. The van der Waals surface area contributed by atoms with E-state index in [0.29, 0.717) is 11.3 Å². The second-order valence-corrected chi connectivity index (χ2v) is 7.70. The van der Waals surface area contributed by atoms with Gasteiger partial charge in [-0.05, 0) is 42.0 Å². The second-order valence-electron chi connectivity index (χ2n) is 7.70. The van der Waals surface area contributed by atoms with Crippen LogP contribution in [0.3, 0.4) is 0 Å². The third kappa shape index (κ3) is 4.82. The zero-order chi connectivity index (χ0) is 27.2. The van der Waals surface area contributed by atoms with E-state index in [2.05, 4.69) is 11.2 Å². The molecule has 0 saturated heterocycles. The molecule has 0 aliphatic heterocycles. The fourth-order valence-corrected chi connectivity index (χ4v) is 3.60. The number of aromatic nitrogens is 2. The number of nitriles is 3. The number of allylic oxidation sites excluding steroid dienone is 1. The molecule has 2 N–H and O–H groups in total. The predicted molar refractivity (Wildman–Crippen MR) is 137 cm³/mol. The Bertz CT molecular complexity index is 1700. The molecule has 0 atom stereocenters. The lowest BCUT2D eigenvalue weighted by Crippen LogP contribution is -2.02. The van der Waals surface area contributed by atoms with Gasteiger partial charge < -0.3 is 15.2 Å². The second kappa shape index (κ2) is 10.6. The molecule has 0 amide bonds. The summed E-state index contributed by atoms with van der Waals surface area (Å²) in [5.74, 6) is 0.725. The van der Waals surface area contributed by atoms with Crippen molar-refractivity contribution in [1.29, 1.82) is 15.8 Å². The van der Waals surface area contributed by atoms with Crippen molar-refractivity contribution in [1.82, 2.24) is 9.78 Å². The third-order valence-corrected chi connectivity index (χ3v) is 5.42. The van der Waals surface area contributed by atoms with Gasteiger partial charge in [-0.25, -0.2) is 4.68 Å². The Morgan fingerprint density at radius 2 is 1.76 bits per heavy atom. The van der Waals surface area contributed by atoms with Crippen molar-refractivity contribution >= 4 is 23.2 Å². The Hall–Kier alpha value is -6.12. The number of ether oxygens (including phenoxy) is 2. The van der Waals surface area contributed by atoms with Crippen LogP contribution < -0.4 is 15.2 Å². The van der Waals surface area contributed by atoms with Gasteiger partial charge in [0.1, 0.15) is 46.6 Å². The number of non-ortho nitro benzene ring substituents is 1. The van der Waals surface area contributed by atoms with Gasteiger partial charge in [-0.15, -0.1) is 0 Å². The first-order valence-corrected chi connectivity index (χ1v) is 10.9. The quantitative estimate of drug-likeness (QED) is 0.207. The standard InChI is InChI=1S/C27H17N7O4/c1-37-25-12-17(7-9-24(25)38-23-10-8-21(34(35)36)13-18(23)14-28)11-19(15-29)26-22(16-30)27(31)33(32-26)20-5-3-2-4-6-20/h2-13H,31H2,1H3. The monoisotopic (exact) mass is 503 g/mol. The van der Waals surface area contributed by atoms with Gasteiger partial charge in [-0.3, -0.25) is 10.1 Å². The highest BCUT2D eigenvalue weighted by atomic mass is 16.6. The first kappa shape index (κ1) is 25.0. The molecule has 0 aliphatic rings. The van der Waals surface area contributed by atoms with Crippen molar-refractivity contribution in [3.63, 3.8) is 0 Å². The average Bonchev–Trinajstić information content (AvgIpc) is 3.28. The summed E-state index contributed by atoms with van der Waals surface area (Å²) in [7, 11) is 1.41. The summed E-state index contributed by atoms with van der Waals surface area (Å²) >= 11 is 0. The van der Waals surface area contributed by atoms with Crippen molar-refractivity contribution in [3.05, 3.63) is 99.2 Å². The van der Waals surface area contributed by atoms with Gasteiger partial charge in [0.05, 0.1) is 23.3 Å². The maximum absolute atomic E-state index is 11.0. The number of hydrogen-bond acceptors (Lipinski definition) is 9. The molecule has 184 valence electrons. The van der Waals surface area contributed by atoms with Crippen LogP contribution in [-0.4, -0.2) is 21.8 Å². The van der Waals surface area contributed by atoms with E-state index in [1.54, 1.807) is 42.5 Å². The Labute approximate surface area is 216 Å².